The van der Waals surface area contributed by atoms with Crippen molar-refractivity contribution in [2.45, 2.75) is 32.2 Å². The van der Waals surface area contributed by atoms with E-state index in [1.807, 2.05) is 13.0 Å². The van der Waals surface area contributed by atoms with Crippen LogP contribution in [0, 0.1) is 0 Å². The Morgan fingerprint density at radius 2 is 1.90 bits per heavy atom. The lowest BCUT2D eigenvalue weighted by Crippen LogP contribution is -2.45. The second-order valence-electron chi connectivity index (χ2n) is 4.92. The number of nitrogens with two attached hydrogens (primary N) is 1. The van der Waals surface area contributed by atoms with E-state index in [0.717, 1.165) is 5.56 Å². The van der Waals surface area contributed by atoms with Crippen molar-refractivity contribution < 1.29 is 13.2 Å². The average Bonchev–Trinajstić information content (AvgIpc) is 2.45. The van der Waals surface area contributed by atoms with E-state index >= 15 is 0 Å². The van der Waals surface area contributed by atoms with Gasteiger partial charge in [-0.2, -0.15) is 0 Å². The Balaban J connectivity index is 2.81. The van der Waals surface area contributed by atoms with Gasteiger partial charge in [-0.25, -0.2) is 13.1 Å². The molecule has 1 aromatic carbocycles. The lowest BCUT2D eigenvalue weighted by molar-refractivity contribution is -0.131. The highest BCUT2D eigenvalue weighted by Crippen LogP contribution is 2.12. The number of rotatable bonds is 7. The molecule has 0 aliphatic heterocycles. The van der Waals surface area contributed by atoms with Gasteiger partial charge in [0.2, 0.25) is 15.9 Å². The average molecular weight is 313 g/mol. The largest absolute Gasteiger partial charge is 0.345 e. The number of nitrogens with one attached hydrogen (secondary N) is 1. The number of hydrogen-bond acceptors (Lipinski definition) is 4. The maximum atomic E-state index is 12.2. The summed E-state index contributed by atoms with van der Waals surface area (Å²) >= 11 is 0. The van der Waals surface area contributed by atoms with Crippen molar-refractivity contribution in [2.75, 3.05) is 13.6 Å². The Hall–Kier alpha value is -1.44. The Bertz CT molecular complexity index is 587. The fourth-order valence-electron chi connectivity index (χ4n) is 1.95. The number of carbonyl (C=O) groups is 1. The van der Waals surface area contributed by atoms with Crippen molar-refractivity contribution in [3.05, 3.63) is 35.4 Å². The van der Waals surface area contributed by atoms with Crippen LogP contribution in [0.1, 0.15) is 25.0 Å². The number of sulfonamides is 1. The maximum Gasteiger partial charge on any atom is 0.240 e. The molecule has 0 aromatic heterocycles. The van der Waals surface area contributed by atoms with Gasteiger partial charge in [0.25, 0.3) is 0 Å². The van der Waals surface area contributed by atoms with Gasteiger partial charge in [0, 0.05) is 20.1 Å². The molecular weight excluding hydrogens is 290 g/mol. The first-order valence-corrected chi connectivity index (χ1v) is 8.47. The quantitative estimate of drug-likeness (QED) is 0.763. The van der Waals surface area contributed by atoms with Crippen LogP contribution in [0.25, 0.3) is 0 Å². The van der Waals surface area contributed by atoms with Crippen molar-refractivity contribution in [3.8, 4) is 0 Å². The summed E-state index contributed by atoms with van der Waals surface area (Å²) in [4.78, 5) is 13.4. The zero-order valence-corrected chi connectivity index (χ0v) is 13.5. The Kier molecular flexibility index (Phi) is 6.32. The number of nitrogens with zero attached hydrogens (tertiary/aromatic N) is 1. The minimum absolute atomic E-state index is 0.187. The number of benzene rings is 1. The van der Waals surface area contributed by atoms with Crippen LogP contribution >= 0.6 is 0 Å². The first-order valence-electron chi connectivity index (χ1n) is 6.82. The van der Waals surface area contributed by atoms with Crippen molar-refractivity contribution >= 4 is 15.9 Å². The smallest absolute Gasteiger partial charge is 0.240 e. The van der Waals surface area contributed by atoms with E-state index in [1.54, 1.807) is 32.2 Å². The molecular formula is C14H23N3O3S. The third kappa shape index (κ3) is 5.11. The van der Waals surface area contributed by atoms with Gasteiger partial charge < -0.3 is 10.6 Å². The molecule has 0 saturated carbocycles. The molecule has 0 heterocycles. The molecule has 6 nitrogen and oxygen atoms in total. The second-order valence-corrected chi connectivity index (χ2v) is 6.68. The van der Waals surface area contributed by atoms with Crippen LogP contribution in [0.5, 0.6) is 0 Å². The van der Waals surface area contributed by atoms with E-state index in [-0.39, 0.29) is 18.2 Å². The van der Waals surface area contributed by atoms with Crippen LogP contribution in [0.4, 0.5) is 0 Å². The minimum Gasteiger partial charge on any atom is -0.345 e. The standard InChI is InChI=1S/C14H23N3O3S/c1-4-17(3)14(18)11(2)16-21(19,20)10-13-8-6-5-7-12(13)9-15/h5-8,11,16H,4,9-10,15H2,1-3H3. The molecule has 1 unspecified atom stereocenters. The molecule has 118 valence electrons. The molecule has 0 bridgehead atoms. The molecule has 0 spiro atoms. The topological polar surface area (TPSA) is 92.5 Å². The van der Waals surface area contributed by atoms with Gasteiger partial charge in [-0.05, 0) is 25.0 Å². The van der Waals surface area contributed by atoms with Crippen molar-refractivity contribution in [1.82, 2.24) is 9.62 Å². The van der Waals surface area contributed by atoms with Crippen LogP contribution < -0.4 is 10.5 Å². The predicted octanol–water partition coefficient (Wildman–Crippen LogP) is 0.432. The van der Waals surface area contributed by atoms with E-state index in [2.05, 4.69) is 4.72 Å². The Morgan fingerprint density at radius 1 is 1.33 bits per heavy atom. The van der Waals surface area contributed by atoms with Gasteiger partial charge in [0.1, 0.15) is 0 Å². The highest BCUT2D eigenvalue weighted by molar-refractivity contribution is 7.88. The molecule has 1 amide bonds. The summed E-state index contributed by atoms with van der Waals surface area (Å²) in [6.45, 7) is 4.18. The molecule has 1 atom stereocenters. The molecule has 0 saturated heterocycles. The lowest BCUT2D eigenvalue weighted by atomic mass is 10.1. The predicted molar refractivity (Wildman–Crippen MR) is 82.9 cm³/mol. The summed E-state index contributed by atoms with van der Waals surface area (Å²) < 4.78 is 26.8. The summed E-state index contributed by atoms with van der Waals surface area (Å²) in [6.07, 6.45) is 0. The molecule has 7 heteroatoms. The van der Waals surface area contributed by atoms with Gasteiger partial charge in [0.05, 0.1) is 11.8 Å². The monoisotopic (exact) mass is 313 g/mol. The van der Waals surface area contributed by atoms with Gasteiger partial charge in [-0.15, -0.1) is 0 Å². The number of hydrogen-bond donors (Lipinski definition) is 2. The number of carbonyl (C=O) groups excluding carboxylic acids is 1. The van der Waals surface area contributed by atoms with Crippen LogP contribution in [-0.4, -0.2) is 38.9 Å². The number of likely N-dealkylation sites (N-methyl/N-ethyl adjacent to an activating group) is 1. The van der Waals surface area contributed by atoms with Gasteiger partial charge in [0.15, 0.2) is 0 Å². The zero-order chi connectivity index (χ0) is 16.0. The van der Waals surface area contributed by atoms with Gasteiger partial charge in [-0.1, -0.05) is 24.3 Å². The van der Waals surface area contributed by atoms with Crippen molar-refractivity contribution in [2.24, 2.45) is 5.73 Å². The molecule has 3 N–H and O–H groups in total. The summed E-state index contributed by atoms with van der Waals surface area (Å²) in [5.41, 5.74) is 7.03. The molecule has 0 aliphatic rings. The van der Waals surface area contributed by atoms with E-state index < -0.39 is 16.1 Å². The maximum absolute atomic E-state index is 12.2. The van der Waals surface area contributed by atoms with Crippen molar-refractivity contribution in [1.29, 1.82) is 0 Å². The third-order valence-electron chi connectivity index (χ3n) is 3.26. The fourth-order valence-corrected chi connectivity index (χ4v) is 3.36. The highest BCUT2D eigenvalue weighted by Gasteiger charge is 2.23. The van der Waals surface area contributed by atoms with Gasteiger partial charge >= 0.3 is 0 Å². The summed E-state index contributed by atoms with van der Waals surface area (Å²) in [5.74, 6) is -0.443. The van der Waals surface area contributed by atoms with Crippen LogP contribution in [0.2, 0.25) is 0 Å². The van der Waals surface area contributed by atoms with E-state index in [9.17, 15) is 13.2 Å². The molecule has 1 aromatic rings. The fraction of sp³-hybridized carbons (Fsp3) is 0.500. The third-order valence-corrected chi connectivity index (χ3v) is 4.66. The van der Waals surface area contributed by atoms with Crippen LogP contribution in [-0.2, 0) is 27.1 Å². The van der Waals surface area contributed by atoms with E-state index in [4.69, 9.17) is 5.73 Å². The number of amides is 1. The molecule has 21 heavy (non-hydrogen) atoms. The summed E-state index contributed by atoms with van der Waals surface area (Å²) in [5, 5.41) is 0. The zero-order valence-electron chi connectivity index (χ0n) is 12.7. The highest BCUT2D eigenvalue weighted by atomic mass is 32.2. The molecule has 0 aliphatic carbocycles. The minimum atomic E-state index is -3.61. The van der Waals surface area contributed by atoms with Gasteiger partial charge in [-0.3, -0.25) is 4.79 Å². The second kappa shape index (κ2) is 7.53. The Labute approximate surface area is 126 Å². The molecule has 0 radical (unpaired) electrons. The summed E-state index contributed by atoms with van der Waals surface area (Å²) in [6, 6.07) is 6.32. The normalized spacial score (nSPS) is 13.0. The Morgan fingerprint density at radius 3 is 2.43 bits per heavy atom. The first kappa shape index (κ1) is 17.6. The van der Waals surface area contributed by atoms with Crippen molar-refractivity contribution in [3.63, 3.8) is 0 Å². The lowest BCUT2D eigenvalue weighted by Gasteiger charge is -2.20. The molecule has 0 fully saturated rings. The summed E-state index contributed by atoms with van der Waals surface area (Å²) in [7, 11) is -1.97. The molecule has 1 rings (SSSR count). The van der Waals surface area contributed by atoms with Crippen LogP contribution in [0.3, 0.4) is 0 Å². The van der Waals surface area contributed by atoms with E-state index in [1.165, 1.54) is 4.90 Å². The SMILES string of the molecule is CCN(C)C(=O)C(C)NS(=O)(=O)Cc1ccccc1CN. The first-order chi connectivity index (χ1) is 9.80. The van der Waals surface area contributed by atoms with E-state index in [0.29, 0.717) is 12.1 Å². The van der Waals surface area contributed by atoms with Crippen LogP contribution in [0.15, 0.2) is 24.3 Å².